The van der Waals surface area contributed by atoms with E-state index in [1.807, 2.05) is 0 Å². The molecule has 4 nitrogen and oxygen atoms in total. The molecule has 0 heterocycles. The van der Waals surface area contributed by atoms with Gasteiger partial charge in [-0.2, -0.15) is 25.3 Å². The first-order chi connectivity index (χ1) is 5.41. The lowest BCUT2D eigenvalue weighted by molar-refractivity contribution is -0.153. The average Bonchev–Trinajstić information content (AvgIpc) is 1.97. The summed E-state index contributed by atoms with van der Waals surface area (Å²) in [6.45, 7) is 0.604. The van der Waals surface area contributed by atoms with E-state index in [-0.39, 0.29) is 0 Å². The SMILES string of the molecule is CC(S)(S)C(=O)OC(CO)CO. The van der Waals surface area contributed by atoms with Crippen molar-refractivity contribution in [1.29, 1.82) is 0 Å². The fourth-order valence-electron chi connectivity index (χ4n) is 0.395. The van der Waals surface area contributed by atoms with Gasteiger partial charge < -0.3 is 14.9 Å². The van der Waals surface area contributed by atoms with E-state index in [0.29, 0.717) is 0 Å². The van der Waals surface area contributed by atoms with Crippen molar-refractivity contribution < 1.29 is 19.7 Å². The van der Waals surface area contributed by atoms with Crippen molar-refractivity contribution in [3.05, 3.63) is 0 Å². The second-order valence-corrected chi connectivity index (χ2v) is 4.55. The summed E-state index contributed by atoms with van der Waals surface area (Å²) in [5, 5.41) is 17.1. The van der Waals surface area contributed by atoms with Gasteiger partial charge in [-0.1, -0.05) is 0 Å². The van der Waals surface area contributed by atoms with Gasteiger partial charge in [0, 0.05) is 0 Å². The first kappa shape index (κ1) is 12.1. The number of hydrogen-bond acceptors (Lipinski definition) is 6. The molecule has 0 amide bonds. The molecule has 0 aromatic carbocycles. The highest BCUT2D eigenvalue weighted by atomic mass is 32.2. The molecule has 0 bridgehead atoms. The van der Waals surface area contributed by atoms with Crippen molar-refractivity contribution >= 4 is 31.2 Å². The van der Waals surface area contributed by atoms with Crippen LogP contribution in [0.5, 0.6) is 0 Å². The zero-order valence-corrected chi connectivity index (χ0v) is 8.39. The molecule has 0 atom stereocenters. The predicted molar refractivity (Wildman–Crippen MR) is 50.4 cm³/mol. The molecule has 0 rings (SSSR count). The molecule has 12 heavy (non-hydrogen) atoms. The number of esters is 1. The van der Waals surface area contributed by atoms with Gasteiger partial charge >= 0.3 is 5.97 Å². The quantitative estimate of drug-likeness (QED) is 0.287. The van der Waals surface area contributed by atoms with Crippen molar-refractivity contribution in [3.63, 3.8) is 0 Å². The van der Waals surface area contributed by atoms with E-state index in [0.717, 1.165) is 0 Å². The number of carbonyl (C=O) groups is 1. The third-order valence-electron chi connectivity index (χ3n) is 1.07. The van der Waals surface area contributed by atoms with Gasteiger partial charge in [-0.3, -0.25) is 0 Å². The zero-order chi connectivity index (χ0) is 9.78. The Morgan fingerprint density at radius 3 is 2.17 bits per heavy atom. The van der Waals surface area contributed by atoms with Crippen LogP contribution in [0.25, 0.3) is 0 Å². The zero-order valence-electron chi connectivity index (χ0n) is 6.60. The lowest BCUT2D eigenvalue weighted by Crippen LogP contribution is -2.33. The highest BCUT2D eigenvalue weighted by Crippen LogP contribution is 2.20. The lowest BCUT2D eigenvalue weighted by atomic mass is 10.4. The summed E-state index contributed by atoms with van der Waals surface area (Å²) in [6, 6.07) is 0. The van der Waals surface area contributed by atoms with E-state index in [9.17, 15) is 4.79 Å². The Bertz CT molecular complexity index is 150. The van der Waals surface area contributed by atoms with Crippen LogP contribution in [0.1, 0.15) is 6.92 Å². The van der Waals surface area contributed by atoms with Gasteiger partial charge in [0.1, 0.15) is 6.10 Å². The van der Waals surface area contributed by atoms with E-state index >= 15 is 0 Å². The molecule has 0 saturated carbocycles. The summed E-state index contributed by atoms with van der Waals surface area (Å²) in [4.78, 5) is 11.0. The van der Waals surface area contributed by atoms with Crippen molar-refractivity contribution in [2.75, 3.05) is 13.2 Å². The molecule has 0 saturated heterocycles. The minimum Gasteiger partial charge on any atom is -0.456 e. The molecule has 2 N–H and O–H groups in total. The molecular formula is C6H12O4S2. The van der Waals surface area contributed by atoms with Gasteiger partial charge in [-0.15, -0.1) is 0 Å². The van der Waals surface area contributed by atoms with Crippen LogP contribution in [-0.4, -0.2) is 39.6 Å². The van der Waals surface area contributed by atoms with Crippen LogP contribution in [0, 0.1) is 0 Å². The van der Waals surface area contributed by atoms with E-state index in [4.69, 9.17) is 10.2 Å². The van der Waals surface area contributed by atoms with Crippen molar-refractivity contribution in [2.45, 2.75) is 17.1 Å². The molecule has 0 aliphatic rings. The number of ether oxygens (including phenoxy) is 1. The number of aliphatic hydroxyl groups is 2. The van der Waals surface area contributed by atoms with E-state index in [2.05, 4.69) is 30.0 Å². The Hall–Kier alpha value is 0.0900. The Kier molecular flexibility index (Phi) is 5.00. The highest BCUT2D eigenvalue weighted by Gasteiger charge is 2.27. The Morgan fingerprint density at radius 1 is 1.50 bits per heavy atom. The van der Waals surface area contributed by atoms with Crippen LogP contribution in [0.3, 0.4) is 0 Å². The molecule has 0 aromatic rings. The van der Waals surface area contributed by atoms with Gasteiger partial charge in [0.05, 0.1) is 13.2 Å². The Labute approximate surface area is 81.7 Å². The predicted octanol–water partition coefficient (Wildman–Crippen LogP) is -0.541. The molecule has 0 aromatic heterocycles. The topological polar surface area (TPSA) is 66.8 Å². The summed E-state index contributed by atoms with van der Waals surface area (Å²) in [7, 11) is 0. The van der Waals surface area contributed by atoms with Gasteiger partial charge in [-0.05, 0) is 6.92 Å². The van der Waals surface area contributed by atoms with Gasteiger partial charge in [0.2, 0.25) is 0 Å². The van der Waals surface area contributed by atoms with E-state index in [1.165, 1.54) is 6.92 Å². The summed E-state index contributed by atoms with van der Waals surface area (Å²) < 4.78 is 3.42. The minimum atomic E-state index is -1.21. The first-order valence-electron chi connectivity index (χ1n) is 3.29. The molecule has 0 spiro atoms. The third kappa shape index (κ3) is 4.20. The number of carbonyl (C=O) groups excluding carboxylic acids is 1. The molecule has 0 aliphatic carbocycles. The van der Waals surface area contributed by atoms with Crippen molar-refractivity contribution in [2.24, 2.45) is 0 Å². The van der Waals surface area contributed by atoms with E-state index in [1.54, 1.807) is 0 Å². The van der Waals surface area contributed by atoms with Crippen LogP contribution in [0.4, 0.5) is 0 Å². The van der Waals surface area contributed by atoms with E-state index < -0.39 is 29.4 Å². The van der Waals surface area contributed by atoms with Crippen LogP contribution >= 0.6 is 25.3 Å². The molecule has 0 fully saturated rings. The second-order valence-electron chi connectivity index (χ2n) is 2.41. The summed E-state index contributed by atoms with van der Waals surface area (Å²) >= 11 is 7.66. The smallest absolute Gasteiger partial charge is 0.332 e. The Morgan fingerprint density at radius 2 is 1.92 bits per heavy atom. The normalized spacial score (nSPS) is 11.8. The van der Waals surface area contributed by atoms with Crippen LogP contribution in [0.2, 0.25) is 0 Å². The van der Waals surface area contributed by atoms with Gasteiger partial charge in [0.25, 0.3) is 0 Å². The summed E-state index contributed by atoms with van der Waals surface area (Å²) in [5.41, 5.74) is 0. The third-order valence-corrected chi connectivity index (χ3v) is 1.43. The van der Waals surface area contributed by atoms with Gasteiger partial charge in [0.15, 0.2) is 4.08 Å². The monoisotopic (exact) mass is 212 g/mol. The maximum atomic E-state index is 11.0. The molecule has 72 valence electrons. The second kappa shape index (κ2) is 4.96. The van der Waals surface area contributed by atoms with Gasteiger partial charge in [-0.25, -0.2) is 4.79 Å². The molecule has 6 heteroatoms. The fraction of sp³-hybridized carbons (Fsp3) is 0.833. The van der Waals surface area contributed by atoms with Crippen LogP contribution < -0.4 is 0 Å². The van der Waals surface area contributed by atoms with Crippen LogP contribution in [0.15, 0.2) is 0 Å². The Balaban J connectivity index is 3.99. The molecule has 0 radical (unpaired) electrons. The largest absolute Gasteiger partial charge is 0.456 e. The average molecular weight is 212 g/mol. The molecule has 0 aliphatic heterocycles. The lowest BCUT2D eigenvalue weighted by Gasteiger charge is -2.19. The fourth-order valence-corrected chi connectivity index (χ4v) is 0.501. The standard InChI is InChI=1S/C6H12O4S2/c1-6(11,12)5(9)10-4(2-7)3-8/h4,7-8,11-12H,2-3H2,1H3. The van der Waals surface area contributed by atoms with Crippen molar-refractivity contribution in [3.8, 4) is 0 Å². The maximum absolute atomic E-state index is 11.0. The summed E-state index contributed by atoms with van der Waals surface area (Å²) in [6.07, 6.45) is -0.892. The highest BCUT2D eigenvalue weighted by molar-refractivity contribution is 8.01. The minimum absolute atomic E-state index is 0.417. The molecular weight excluding hydrogens is 200 g/mol. The number of rotatable bonds is 4. The summed E-state index contributed by atoms with van der Waals surface area (Å²) in [5.74, 6) is -0.692. The maximum Gasteiger partial charge on any atom is 0.332 e. The van der Waals surface area contributed by atoms with Crippen LogP contribution in [-0.2, 0) is 9.53 Å². The number of thiol groups is 2. The number of hydrogen-bond donors (Lipinski definition) is 4. The molecule has 0 unspecified atom stereocenters. The number of aliphatic hydroxyl groups excluding tert-OH is 2. The first-order valence-corrected chi connectivity index (χ1v) is 4.18. The van der Waals surface area contributed by atoms with Crippen molar-refractivity contribution in [1.82, 2.24) is 0 Å².